The van der Waals surface area contributed by atoms with E-state index in [1.165, 1.54) is 0 Å². The lowest BCUT2D eigenvalue weighted by atomic mass is 9.71. The van der Waals surface area contributed by atoms with Gasteiger partial charge in [0.1, 0.15) is 10.1 Å². The molecule has 0 bridgehead atoms. The molecule has 1 aromatic carbocycles. The van der Waals surface area contributed by atoms with E-state index in [9.17, 15) is 4.79 Å². The number of benzene rings is 1. The van der Waals surface area contributed by atoms with Crippen LogP contribution in [0.4, 0.5) is 0 Å². The number of ketones is 1. The molecule has 0 radical (unpaired) electrons. The highest BCUT2D eigenvalue weighted by Crippen LogP contribution is 2.60. The van der Waals surface area contributed by atoms with Crippen LogP contribution in [0.15, 0.2) is 50.5 Å². The summed E-state index contributed by atoms with van der Waals surface area (Å²) in [4.78, 5) is 11.9. The summed E-state index contributed by atoms with van der Waals surface area (Å²) in [6, 6.07) is 9.66. The average Bonchev–Trinajstić information content (AvgIpc) is 2.48. The Balaban J connectivity index is 2.18. The van der Waals surface area contributed by atoms with Gasteiger partial charge in [0, 0.05) is 5.92 Å². The fourth-order valence-corrected chi connectivity index (χ4v) is 4.20. The van der Waals surface area contributed by atoms with E-state index >= 15 is 0 Å². The number of Topliss-reactive ketones (excluding diaryl/α,β-unsaturated/α-hetero) is 1. The number of allylic oxidation sites excluding steroid dienone is 2. The van der Waals surface area contributed by atoms with E-state index in [0.29, 0.717) is 0 Å². The van der Waals surface area contributed by atoms with Crippen molar-refractivity contribution >= 4 is 52.2 Å². The van der Waals surface area contributed by atoms with Crippen molar-refractivity contribution in [2.24, 2.45) is 0 Å². The Morgan fingerprint density at radius 3 is 2.00 bits per heavy atom. The SMILES string of the molecule is C[C@H]1OC2(C(Cl)=C(Cl)C(=O)C(Cl)=C2Cl)[C@@H]1c1ccccc1. The molecule has 3 rings (SSSR count). The monoisotopic (exact) mass is 362 g/mol. The first kappa shape index (κ1) is 15.4. The zero-order valence-corrected chi connectivity index (χ0v) is 13.9. The molecule has 1 spiro atoms. The maximum absolute atomic E-state index is 11.9. The largest absolute Gasteiger partial charge is 0.359 e. The molecular formula is C15H10Cl4O2. The molecule has 1 saturated heterocycles. The van der Waals surface area contributed by atoms with Crippen molar-refractivity contribution in [2.45, 2.75) is 24.5 Å². The molecule has 1 heterocycles. The van der Waals surface area contributed by atoms with Crippen LogP contribution in [0.1, 0.15) is 18.4 Å². The number of hydrogen-bond acceptors (Lipinski definition) is 2. The number of carbonyl (C=O) groups is 1. The third-order valence-electron chi connectivity index (χ3n) is 3.87. The van der Waals surface area contributed by atoms with E-state index in [0.717, 1.165) is 5.56 Å². The van der Waals surface area contributed by atoms with Gasteiger partial charge in [-0.05, 0) is 12.5 Å². The highest BCUT2D eigenvalue weighted by molar-refractivity contribution is 6.61. The van der Waals surface area contributed by atoms with Crippen molar-refractivity contribution in [3.05, 3.63) is 56.0 Å². The molecule has 2 aliphatic rings. The van der Waals surface area contributed by atoms with Gasteiger partial charge >= 0.3 is 0 Å². The van der Waals surface area contributed by atoms with Gasteiger partial charge in [-0.3, -0.25) is 4.79 Å². The highest BCUT2D eigenvalue weighted by atomic mass is 35.5. The Morgan fingerprint density at radius 1 is 1.00 bits per heavy atom. The molecule has 110 valence electrons. The van der Waals surface area contributed by atoms with Gasteiger partial charge < -0.3 is 4.74 Å². The zero-order chi connectivity index (χ0) is 15.4. The van der Waals surface area contributed by atoms with Gasteiger partial charge in [0.05, 0.1) is 16.2 Å². The van der Waals surface area contributed by atoms with Gasteiger partial charge in [-0.1, -0.05) is 76.7 Å². The second-order valence-electron chi connectivity index (χ2n) is 5.03. The molecule has 1 aliphatic carbocycles. The number of hydrogen-bond donors (Lipinski definition) is 0. The molecule has 0 N–H and O–H groups in total. The summed E-state index contributed by atoms with van der Waals surface area (Å²) in [5, 5.41) is -0.0937. The summed E-state index contributed by atoms with van der Waals surface area (Å²) in [5.74, 6) is -0.733. The molecule has 21 heavy (non-hydrogen) atoms. The van der Waals surface area contributed by atoms with Crippen molar-refractivity contribution in [2.75, 3.05) is 0 Å². The molecule has 0 unspecified atom stereocenters. The first-order valence-electron chi connectivity index (χ1n) is 6.30. The fourth-order valence-electron chi connectivity index (χ4n) is 2.95. The van der Waals surface area contributed by atoms with E-state index in [-0.39, 0.29) is 32.2 Å². The minimum absolute atomic E-state index is 0.0931. The molecule has 6 heteroatoms. The number of rotatable bonds is 1. The lowest BCUT2D eigenvalue weighted by Gasteiger charge is -2.55. The van der Waals surface area contributed by atoms with Crippen molar-refractivity contribution in [1.82, 2.24) is 0 Å². The molecule has 1 aromatic rings. The summed E-state index contributed by atoms with van der Waals surface area (Å²) >= 11 is 24.7. The van der Waals surface area contributed by atoms with E-state index in [2.05, 4.69) is 0 Å². The summed E-state index contributed by atoms with van der Waals surface area (Å²) in [5.41, 5.74) is -0.165. The van der Waals surface area contributed by atoms with Crippen molar-refractivity contribution in [1.29, 1.82) is 0 Å². The average molecular weight is 364 g/mol. The van der Waals surface area contributed by atoms with Crippen LogP contribution in [-0.4, -0.2) is 17.5 Å². The van der Waals surface area contributed by atoms with Crippen molar-refractivity contribution < 1.29 is 9.53 Å². The maximum Gasteiger partial charge on any atom is 0.218 e. The minimum Gasteiger partial charge on any atom is -0.359 e. The molecule has 0 saturated carbocycles. The minimum atomic E-state index is -1.16. The second-order valence-corrected chi connectivity index (χ2v) is 6.54. The van der Waals surface area contributed by atoms with Gasteiger partial charge in [0.15, 0.2) is 5.60 Å². The molecule has 0 aromatic heterocycles. The third kappa shape index (κ3) is 2.01. The van der Waals surface area contributed by atoms with E-state index in [1.54, 1.807) is 0 Å². The molecule has 1 aliphatic heterocycles. The topological polar surface area (TPSA) is 26.3 Å². The van der Waals surface area contributed by atoms with Gasteiger partial charge in [0.2, 0.25) is 5.78 Å². The van der Waals surface area contributed by atoms with Gasteiger partial charge in [-0.25, -0.2) is 0 Å². The van der Waals surface area contributed by atoms with Crippen LogP contribution in [0.2, 0.25) is 0 Å². The Morgan fingerprint density at radius 2 is 1.52 bits per heavy atom. The standard InChI is InChI=1S/C15H10Cl4O2/c1-7-9(8-5-3-2-4-6-8)15(21-7)13(18)10(16)12(20)11(17)14(15)19/h2-7,9H,1H3/t7-,9+/m1/s1. The number of ether oxygens (including phenoxy) is 1. The molecule has 2 nitrogen and oxygen atoms in total. The predicted molar refractivity (Wildman–Crippen MR) is 84.9 cm³/mol. The molecule has 2 atom stereocenters. The first-order chi connectivity index (χ1) is 9.91. The first-order valence-corrected chi connectivity index (χ1v) is 7.81. The predicted octanol–water partition coefficient (Wildman–Crippen LogP) is 4.89. The van der Waals surface area contributed by atoms with E-state index in [4.69, 9.17) is 51.1 Å². The zero-order valence-electron chi connectivity index (χ0n) is 10.9. The lowest BCUT2D eigenvalue weighted by molar-refractivity contribution is -0.170. The van der Waals surface area contributed by atoms with Gasteiger partial charge in [-0.15, -0.1) is 0 Å². The fraction of sp³-hybridized carbons (Fsp3) is 0.267. The Kier molecular flexibility index (Phi) is 3.88. The van der Waals surface area contributed by atoms with Gasteiger partial charge in [0.25, 0.3) is 0 Å². The van der Waals surface area contributed by atoms with Crippen LogP contribution < -0.4 is 0 Å². The van der Waals surface area contributed by atoms with Crippen LogP contribution in [0.3, 0.4) is 0 Å². The molecular weight excluding hydrogens is 354 g/mol. The molecule has 0 amide bonds. The summed E-state index contributed by atoms with van der Waals surface area (Å²) in [6.07, 6.45) is -0.128. The van der Waals surface area contributed by atoms with Gasteiger partial charge in [-0.2, -0.15) is 0 Å². The summed E-state index contributed by atoms with van der Waals surface area (Å²) < 4.78 is 5.85. The third-order valence-corrected chi connectivity index (χ3v) is 5.73. The molecule has 1 fully saturated rings. The van der Waals surface area contributed by atoms with Crippen LogP contribution >= 0.6 is 46.4 Å². The normalized spacial score (nSPS) is 28.1. The Bertz CT molecular complexity index is 650. The summed E-state index contributed by atoms with van der Waals surface area (Å²) in [7, 11) is 0. The second kappa shape index (κ2) is 5.29. The van der Waals surface area contributed by atoms with Crippen LogP contribution in [0.25, 0.3) is 0 Å². The number of carbonyl (C=O) groups excluding carboxylic acids is 1. The number of halogens is 4. The van der Waals surface area contributed by atoms with E-state index in [1.807, 2.05) is 37.3 Å². The Labute approximate surface area is 142 Å². The van der Waals surface area contributed by atoms with E-state index < -0.39 is 11.4 Å². The smallest absolute Gasteiger partial charge is 0.218 e. The van der Waals surface area contributed by atoms with Crippen molar-refractivity contribution in [3.8, 4) is 0 Å². The maximum atomic E-state index is 11.9. The van der Waals surface area contributed by atoms with Crippen molar-refractivity contribution in [3.63, 3.8) is 0 Å². The Hall–Kier alpha value is -0.510. The van der Waals surface area contributed by atoms with Crippen LogP contribution in [-0.2, 0) is 9.53 Å². The quantitative estimate of drug-likeness (QED) is 0.710. The van der Waals surface area contributed by atoms with Crippen LogP contribution in [0, 0.1) is 0 Å². The highest BCUT2D eigenvalue weighted by Gasteiger charge is 2.62. The van der Waals surface area contributed by atoms with Crippen LogP contribution in [0.5, 0.6) is 0 Å². The lowest BCUT2D eigenvalue weighted by Crippen LogP contribution is -2.59. The summed E-state index contributed by atoms with van der Waals surface area (Å²) in [6.45, 7) is 1.91.